The van der Waals surface area contributed by atoms with Gasteiger partial charge < -0.3 is 15.7 Å². The van der Waals surface area contributed by atoms with Crippen molar-refractivity contribution in [3.63, 3.8) is 0 Å². The number of nitrogens with one attached hydrogen (secondary N) is 1. The van der Waals surface area contributed by atoms with Crippen LogP contribution in [0.2, 0.25) is 0 Å². The molecule has 4 nitrogen and oxygen atoms in total. The second-order valence-corrected chi connectivity index (χ2v) is 4.45. The summed E-state index contributed by atoms with van der Waals surface area (Å²) in [6, 6.07) is 14.7. The summed E-state index contributed by atoms with van der Waals surface area (Å²) in [5.74, 6) is 0.323. The number of hydrogen-bond acceptors (Lipinski definition) is 3. The molecule has 0 bridgehead atoms. The number of nitrogens with zero attached hydrogens (tertiary/aromatic N) is 1. The molecule has 0 atom stereocenters. The Morgan fingerprint density at radius 1 is 1.16 bits per heavy atom. The minimum atomic E-state index is 0.0631. The van der Waals surface area contributed by atoms with Crippen LogP contribution in [-0.4, -0.2) is 18.0 Å². The van der Waals surface area contributed by atoms with E-state index in [2.05, 4.69) is 0 Å². The zero-order valence-electron chi connectivity index (χ0n) is 10.8. The Bertz CT molecular complexity index is 578. The van der Waals surface area contributed by atoms with Crippen LogP contribution in [0.25, 0.3) is 0 Å². The maximum Gasteiger partial charge on any atom is 0.124 e. The van der Waals surface area contributed by atoms with Crippen molar-refractivity contribution in [2.45, 2.75) is 6.54 Å². The summed E-state index contributed by atoms with van der Waals surface area (Å²) in [4.78, 5) is 2.03. The van der Waals surface area contributed by atoms with Gasteiger partial charge in [0.05, 0.1) is 0 Å². The molecule has 4 heteroatoms. The SMILES string of the molecule is CN(Cc1ccc(O)cc1)c1ccccc1C(=N)N. The quantitative estimate of drug-likeness (QED) is 0.580. The van der Waals surface area contributed by atoms with Gasteiger partial charge in [0.15, 0.2) is 0 Å². The number of benzene rings is 2. The molecular formula is C15H17N3O. The van der Waals surface area contributed by atoms with Crippen LogP contribution >= 0.6 is 0 Å². The molecule has 0 saturated carbocycles. The van der Waals surface area contributed by atoms with Crippen LogP contribution in [0.5, 0.6) is 5.75 Å². The second kappa shape index (κ2) is 5.44. The number of hydrogen-bond donors (Lipinski definition) is 3. The third-order valence-corrected chi connectivity index (χ3v) is 2.96. The number of nitrogen functional groups attached to an aromatic ring is 1. The molecule has 0 aliphatic rings. The Morgan fingerprint density at radius 2 is 1.79 bits per heavy atom. The Kier molecular flexibility index (Phi) is 3.71. The maximum atomic E-state index is 9.27. The van der Waals surface area contributed by atoms with Gasteiger partial charge in [-0.2, -0.15) is 0 Å². The lowest BCUT2D eigenvalue weighted by molar-refractivity contribution is 0.475. The lowest BCUT2D eigenvalue weighted by Gasteiger charge is -2.22. The molecule has 0 fully saturated rings. The van der Waals surface area contributed by atoms with Crippen LogP contribution in [0, 0.1) is 5.41 Å². The topological polar surface area (TPSA) is 73.3 Å². The summed E-state index contributed by atoms with van der Waals surface area (Å²) in [6.45, 7) is 0.685. The molecule has 0 amide bonds. The van der Waals surface area contributed by atoms with E-state index in [0.29, 0.717) is 6.54 Å². The number of anilines is 1. The fraction of sp³-hybridized carbons (Fsp3) is 0.133. The Morgan fingerprint density at radius 3 is 2.42 bits per heavy atom. The third kappa shape index (κ3) is 3.04. The van der Waals surface area contributed by atoms with Crippen molar-refractivity contribution in [2.24, 2.45) is 5.73 Å². The fourth-order valence-corrected chi connectivity index (χ4v) is 1.99. The van der Waals surface area contributed by atoms with E-state index < -0.39 is 0 Å². The van der Waals surface area contributed by atoms with E-state index >= 15 is 0 Å². The highest BCUT2D eigenvalue weighted by atomic mass is 16.3. The molecule has 0 aromatic heterocycles. The molecule has 0 radical (unpaired) electrons. The van der Waals surface area contributed by atoms with E-state index in [4.69, 9.17) is 11.1 Å². The van der Waals surface area contributed by atoms with E-state index in [9.17, 15) is 5.11 Å². The van der Waals surface area contributed by atoms with Crippen molar-refractivity contribution in [1.82, 2.24) is 0 Å². The highest BCUT2D eigenvalue weighted by Crippen LogP contribution is 2.21. The number of phenolic OH excluding ortho intramolecular Hbond substituents is 1. The van der Waals surface area contributed by atoms with Gasteiger partial charge in [0.2, 0.25) is 0 Å². The number of para-hydroxylation sites is 1. The molecule has 2 aromatic rings. The monoisotopic (exact) mass is 255 g/mol. The molecule has 2 rings (SSSR count). The number of aromatic hydroxyl groups is 1. The number of nitrogens with two attached hydrogens (primary N) is 1. The number of rotatable bonds is 4. The first-order chi connectivity index (χ1) is 9.08. The molecule has 0 spiro atoms. The third-order valence-electron chi connectivity index (χ3n) is 2.96. The molecule has 4 N–H and O–H groups in total. The van der Waals surface area contributed by atoms with E-state index in [-0.39, 0.29) is 11.6 Å². The van der Waals surface area contributed by atoms with E-state index in [0.717, 1.165) is 16.8 Å². The minimum absolute atomic E-state index is 0.0631. The predicted molar refractivity (Wildman–Crippen MR) is 77.7 cm³/mol. The van der Waals surface area contributed by atoms with Gasteiger partial charge in [-0.05, 0) is 29.8 Å². The summed E-state index contributed by atoms with van der Waals surface area (Å²) in [5, 5.41) is 16.9. The Balaban J connectivity index is 2.22. The second-order valence-electron chi connectivity index (χ2n) is 4.45. The fourth-order valence-electron chi connectivity index (χ4n) is 1.99. The lowest BCUT2D eigenvalue weighted by atomic mass is 10.1. The van der Waals surface area contributed by atoms with Crippen molar-refractivity contribution in [1.29, 1.82) is 5.41 Å². The standard InChI is InChI=1S/C15H17N3O/c1-18(10-11-6-8-12(19)9-7-11)14-5-3-2-4-13(14)15(16)17/h2-9,19H,10H2,1H3,(H3,16,17). The van der Waals surface area contributed by atoms with Gasteiger partial charge in [0.25, 0.3) is 0 Å². The summed E-state index contributed by atoms with van der Waals surface area (Å²) in [7, 11) is 1.95. The molecule has 0 saturated heterocycles. The molecule has 0 aliphatic heterocycles. The maximum absolute atomic E-state index is 9.27. The van der Waals surface area contributed by atoms with E-state index in [1.165, 1.54) is 0 Å². The van der Waals surface area contributed by atoms with Crippen molar-refractivity contribution >= 4 is 11.5 Å². The van der Waals surface area contributed by atoms with Gasteiger partial charge in [-0.3, -0.25) is 5.41 Å². The van der Waals surface area contributed by atoms with Crippen LogP contribution in [0.15, 0.2) is 48.5 Å². The molecule has 0 unspecified atom stereocenters. The molecule has 98 valence electrons. The van der Waals surface area contributed by atoms with Gasteiger partial charge >= 0.3 is 0 Å². The van der Waals surface area contributed by atoms with Crippen LogP contribution in [0.4, 0.5) is 5.69 Å². The highest BCUT2D eigenvalue weighted by molar-refractivity contribution is 6.00. The van der Waals surface area contributed by atoms with Crippen molar-refractivity contribution < 1.29 is 5.11 Å². The largest absolute Gasteiger partial charge is 0.508 e. The van der Waals surface area contributed by atoms with Gasteiger partial charge in [0, 0.05) is 24.8 Å². The van der Waals surface area contributed by atoms with Crippen molar-refractivity contribution in [3.8, 4) is 5.75 Å². The summed E-state index contributed by atoms with van der Waals surface area (Å²) in [5.41, 5.74) is 8.32. The average molecular weight is 255 g/mol. The Hall–Kier alpha value is -2.49. The average Bonchev–Trinajstić information content (AvgIpc) is 2.41. The number of phenols is 1. The van der Waals surface area contributed by atoms with E-state index in [1.54, 1.807) is 12.1 Å². The van der Waals surface area contributed by atoms with Gasteiger partial charge in [-0.1, -0.05) is 24.3 Å². The first-order valence-corrected chi connectivity index (χ1v) is 6.00. The van der Waals surface area contributed by atoms with Crippen LogP contribution in [0.3, 0.4) is 0 Å². The molecule has 0 aliphatic carbocycles. The van der Waals surface area contributed by atoms with Crippen LogP contribution in [-0.2, 0) is 6.54 Å². The zero-order chi connectivity index (χ0) is 13.8. The van der Waals surface area contributed by atoms with Crippen LogP contribution in [0.1, 0.15) is 11.1 Å². The normalized spacial score (nSPS) is 10.2. The van der Waals surface area contributed by atoms with Crippen molar-refractivity contribution in [3.05, 3.63) is 59.7 Å². The minimum Gasteiger partial charge on any atom is -0.508 e. The predicted octanol–water partition coefficient (Wildman–Crippen LogP) is 2.31. The molecule has 0 heterocycles. The zero-order valence-corrected chi connectivity index (χ0v) is 10.8. The van der Waals surface area contributed by atoms with Crippen molar-refractivity contribution in [2.75, 3.05) is 11.9 Å². The summed E-state index contributed by atoms with van der Waals surface area (Å²) < 4.78 is 0. The first-order valence-electron chi connectivity index (χ1n) is 6.00. The smallest absolute Gasteiger partial charge is 0.124 e. The Labute approximate surface area is 112 Å². The first kappa shape index (κ1) is 13.0. The van der Waals surface area contributed by atoms with Gasteiger partial charge in [-0.25, -0.2) is 0 Å². The van der Waals surface area contributed by atoms with Crippen LogP contribution < -0.4 is 10.6 Å². The summed E-state index contributed by atoms with van der Waals surface area (Å²) >= 11 is 0. The molecule has 19 heavy (non-hydrogen) atoms. The van der Waals surface area contributed by atoms with Gasteiger partial charge in [-0.15, -0.1) is 0 Å². The number of amidine groups is 1. The summed E-state index contributed by atoms with van der Waals surface area (Å²) in [6.07, 6.45) is 0. The highest BCUT2D eigenvalue weighted by Gasteiger charge is 2.09. The molecular weight excluding hydrogens is 238 g/mol. The van der Waals surface area contributed by atoms with E-state index in [1.807, 2.05) is 48.3 Å². The van der Waals surface area contributed by atoms with Gasteiger partial charge in [0.1, 0.15) is 11.6 Å². The molecule has 2 aromatic carbocycles. The lowest BCUT2D eigenvalue weighted by Crippen LogP contribution is -2.21.